The summed E-state index contributed by atoms with van der Waals surface area (Å²) in [7, 11) is -2.05. The smallest absolute Gasteiger partial charge is 0.240 e. The summed E-state index contributed by atoms with van der Waals surface area (Å²) in [5, 5.41) is 2.78. The number of ether oxygens (including phenoxy) is 2. The van der Waals surface area contributed by atoms with Gasteiger partial charge in [-0.15, -0.1) is 0 Å². The number of rotatable bonds is 10. The molecule has 0 atom stereocenters. The first-order valence-corrected chi connectivity index (χ1v) is 10.9. The van der Waals surface area contributed by atoms with E-state index in [1.165, 1.54) is 7.11 Å². The second-order valence-electron chi connectivity index (χ2n) is 6.59. The number of hydrogen-bond donors (Lipinski definition) is 2. The summed E-state index contributed by atoms with van der Waals surface area (Å²) in [5.41, 5.74) is 2.54. The quantitative estimate of drug-likeness (QED) is 0.575. The molecule has 158 valence electrons. The van der Waals surface area contributed by atoms with E-state index in [0.717, 1.165) is 11.1 Å². The van der Waals surface area contributed by atoms with E-state index in [1.54, 1.807) is 36.4 Å². The molecule has 0 aliphatic rings. The maximum absolute atomic E-state index is 12.3. The van der Waals surface area contributed by atoms with Crippen molar-refractivity contribution in [3.05, 3.63) is 47.5 Å². The number of anilines is 1. The predicted molar refractivity (Wildman–Crippen MR) is 113 cm³/mol. The Morgan fingerprint density at radius 3 is 2.45 bits per heavy atom. The Morgan fingerprint density at radius 1 is 1.03 bits per heavy atom. The third-order valence-corrected chi connectivity index (χ3v) is 5.87. The van der Waals surface area contributed by atoms with E-state index in [4.69, 9.17) is 9.47 Å². The van der Waals surface area contributed by atoms with Crippen LogP contribution in [0.5, 0.6) is 11.5 Å². The SMILES string of the molecule is CCOc1ccc(NC(=O)CCCNS(=O)(=O)c2ccc(C)c(C)c2)cc1OC. The first-order valence-electron chi connectivity index (χ1n) is 9.44. The molecular weight excluding hydrogens is 392 g/mol. The Balaban J connectivity index is 1.84. The summed E-state index contributed by atoms with van der Waals surface area (Å²) in [4.78, 5) is 12.4. The minimum Gasteiger partial charge on any atom is -0.493 e. The molecule has 2 aromatic carbocycles. The molecule has 0 heterocycles. The third-order valence-electron chi connectivity index (χ3n) is 4.41. The molecule has 0 aliphatic heterocycles. The lowest BCUT2D eigenvalue weighted by Gasteiger charge is -2.12. The fourth-order valence-electron chi connectivity index (χ4n) is 2.66. The molecule has 0 spiro atoms. The number of amides is 1. The summed E-state index contributed by atoms with van der Waals surface area (Å²) in [6.45, 7) is 6.37. The molecule has 7 nitrogen and oxygen atoms in total. The highest BCUT2D eigenvalue weighted by atomic mass is 32.2. The number of carbonyl (C=O) groups is 1. The summed E-state index contributed by atoms with van der Waals surface area (Å²) in [6, 6.07) is 10.2. The second-order valence-corrected chi connectivity index (χ2v) is 8.36. The van der Waals surface area contributed by atoms with Gasteiger partial charge in [0.1, 0.15) is 0 Å². The Labute approximate surface area is 172 Å². The lowest BCUT2D eigenvalue weighted by molar-refractivity contribution is -0.116. The number of benzene rings is 2. The van der Waals surface area contributed by atoms with Gasteiger partial charge in [0.2, 0.25) is 15.9 Å². The molecule has 0 saturated heterocycles. The van der Waals surface area contributed by atoms with Crippen molar-refractivity contribution >= 4 is 21.6 Å². The Kier molecular flexibility index (Phi) is 8.04. The van der Waals surface area contributed by atoms with Gasteiger partial charge >= 0.3 is 0 Å². The van der Waals surface area contributed by atoms with Gasteiger partial charge < -0.3 is 14.8 Å². The van der Waals surface area contributed by atoms with Crippen LogP contribution in [0.2, 0.25) is 0 Å². The van der Waals surface area contributed by atoms with Crippen molar-refractivity contribution in [3.63, 3.8) is 0 Å². The summed E-state index contributed by atoms with van der Waals surface area (Å²) < 4.78 is 37.9. The summed E-state index contributed by atoms with van der Waals surface area (Å²) in [6.07, 6.45) is 0.565. The van der Waals surface area contributed by atoms with Crippen LogP contribution < -0.4 is 19.5 Å². The molecule has 0 radical (unpaired) electrons. The van der Waals surface area contributed by atoms with Crippen LogP contribution in [0.1, 0.15) is 30.9 Å². The third kappa shape index (κ3) is 6.47. The number of sulfonamides is 1. The normalized spacial score (nSPS) is 11.2. The van der Waals surface area contributed by atoms with Gasteiger partial charge in [-0.05, 0) is 62.6 Å². The molecule has 2 aromatic rings. The highest BCUT2D eigenvalue weighted by Gasteiger charge is 2.14. The fourth-order valence-corrected chi connectivity index (χ4v) is 3.82. The Morgan fingerprint density at radius 2 is 1.79 bits per heavy atom. The van der Waals surface area contributed by atoms with E-state index in [9.17, 15) is 13.2 Å². The van der Waals surface area contributed by atoms with E-state index in [0.29, 0.717) is 30.2 Å². The van der Waals surface area contributed by atoms with Gasteiger partial charge in [-0.1, -0.05) is 6.07 Å². The van der Waals surface area contributed by atoms with Crippen LogP contribution >= 0.6 is 0 Å². The van der Waals surface area contributed by atoms with Crippen molar-refractivity contribution in [1.82, 2.24) is 4.72 Å². The van der Waals surface area contributed by atoms with Crippen molar-refractivity contribution < 1.29 is 22.7 Å². The minimum absolute atomic E-state index is 0.176. The molecule has 2 rings (SSSR count). The Bertz CT molecular complexity index is 958. The van der Waals surface area contributed by atoms with Crippen LogP contribution in [0.4, 0.5) is 5.69 Å². The molecule has 1 amide bonds. The highest BCUT2D eigenvalue weighted by Crippen LogP contribution is 2.30. The van der Waals surface area contributed by atoms with Crippen LogP contribution in [0.15, 0.2) is 41.3 Å². The van der Waals surface area contributed by atoms with Gasteiger partial charge in [-0.2, -0.15) is 0 Å². The molecule has 0 unspecified atom stereocenters. The maximum Gasteiger partial charge on any atom is 0.240 e. The van der Waals surface area contributed by atoms with Gasteiger partial charge in [-0.3, -0.25) is 4.79 Å². The van der Waals surface area contributed by atoms with Crippen molar-refractivity contribution in [2.24, 2.45) is 0 Å². The van der Waals surface area contributed by atoms with Gasteiger partial charge in [0.15, 0.2) is 11.5 Å². The maximum atomic E-state index is 12.3. The number of aryl methyl sites for hydroxylation is 2. The zero-order valence-electron chi connectivity index (χ0n) is 17.2. The van der Waals surface area contributed by atoms with Crippen LogP contribution in [-0.4, -0.2) is 34.6 Å². The summed E-state index contributed by atoms with van der Waals surface area (Å²) >= 11 is 0. The van der Waals surface area contributed by atoms with E-state index in [-0.39, 0.29) is 23.8 Å². The van der Waals surface area contributed by atoms with E-state index in [2.05, 4.69) is 10.0 Å². The first-order chi connectivity index (χ1) is 13.8. The van der Waals surface area contributed by atoms with Crippen LogP contribution in [0.25, 0.3) is 0 Å². The molecule has 0 fully saturated rings. The molecule has 29 heavy (non-hydrogen) atoms. The van der Waals surface area contributed by atoms with E-state index < -0.39 is 10.0 Å². The lowest BCUT2D eigenvalue weighted by Crippen LogP contribution is -2.26. The lowest BCUT2D eigenvalue weighted by atomic mass is 10.1. The van der Waals surface area contributed by atoms with Crippen molar-refractivity contribution in [2.45, 2.75) is 38.5 Å². The van der Waals surface area contributed by atoms with E-state index >= 15 is 0 Å². The highest BCUT2D eigenvalue weighted by molar-refractivity contribution is 7.89. The van der Waals surface area contributed by atoms with Crippen LogP contribution in [-0.2, 0) is 14.8 Å². The zero-order chi connectivity index (χ0) is 21.4. The topological polar surface area (TPSA) is 93.7 Å². The molecule has 8 heteroatoms. The first kappa shape index (κ1) is 22.7. The predicted octanol–water partition coefficient (Wildman–Crippen LogP) is 3.41. The Hall–Kier alpha value is -2.58. The average molecular weight is 421 g/mol. The fraction of sp³-hybridized carbons (Fsp3) is 0.381. The van der Waals surface area contributed by atoms with Gasteiger partial charge in [-0.25, -0.2) is 13.1 Å². The second kappa shape index (κ2) is 10.3. The van der Waals surface area contributed by atoms with Gasteiger partial charge in [0, 0.05) is 24.7 Å². The van der Waals surface area contributed by atoms with Crippen LogP contribution in [0.3, 0.4) is 0 Å². The number of carbonyl (C=O) groups excluding carboxylic acids is 1. The largest absolute Gasteiger partial charge is 0.493 e. The van der Waals surface area contributed by atoms with E-state index in [1.807, 2.05) is 20.8 Å². The van der Waals surface area contributed by atoms with Crippen molar-refractivity contribution in [1.29, 1.82) is 0 Å². The number of hydrogen-bond acceptors (Lipinski definition) is 5. The molecule has 0 aliphatic carbocycles. The van der Waals surface area contributed by atoms with Crippen molar-refractivity contribution in [2.75, 3.05) is 25.6 Å². The molecule has 0 bridgehead atoms. The van der Waals surface area contributed by atoms with Crippen LogP contribution in [0, 0.1) is 13.8 Å². The zero-order valence-corrected chi connectivity index (χ0v) is 18.1. The molecular formula is C21H28N2O5S. The minimum atomic E-state index is -3.59. The van der Waals surface area contributed by atoms with Gasteiger partial charge in [0.05, 0.1) is 18.6 Å². The average Bonchev–Trinajstić information content (AvgIpc) is 2.68. The summed E-state index contributed by atoms with van der Waals surface area (Å²) in [5.74, 6) is 0.932. The number of methoxy groups -OCH3 is 1. The number of nitrogens with one attached hydrogen (secondary N) is 2. The molecule has 0 saturated carbocycles. The van der Waals surface area contributed by atoms with Gasteiger partial charge in [0.25, 0.3) is 0 Å². The molecule has 2 N–H and O–H groups in total. The monoisotopic (exact) mass is 420 g/mol. The molecule has 0 aromatic heterocycles. The standard InChI is InChI=1S/C21H28N2O5S/c1-5-28-19-11-9-17(14-20(19)27-4)23-21(24)7-6-12-22-29(25,26)18-10-8-15(2)16(3)13-18/h8-11,13-14,22H,5-7,12H2,1-4H3,(H,23,24). The van der Waals surface area contributed by atoms with Crippen molar-refractivity contribution in [3.8, 4) is 11.5 Å².